The molecule has 0 N–H and O–H groups in total. The molecule has 0 radical (unpaired) electrons. The molecular weight excluding hydrogens is 384 g/mol. The van der Waals surface area contributed by atoms with E-state index in [1.54, 1.807) is 49.4 Å². The van der Waals surface area contributed by atoms with Crippen molar-refractivity contribution in [1.29, 1.82) is 0 Å². The van der Waals surface area contributed by atoms with Gasteiger partial charge in [0.25, 0.3) is 0 Å². The molecule has 0 aliphatic carbocycles. The average molecular weight is 409 g/mol. The Labute approximate surface area is 170 Å². The van der Waals surface area contributed by atoms with E-state index in [9.17, 15) is 4.79 Å². The highest BCUT2D eigenvalue weighted by molar-refractivity contribution is 8.07. The summed E-state index contributed by atoms with van der Waals surface area (Å²) in [6.45, 7) is 5.09. The normalized spacial score (nSPS) is 15.9. The lowest BCUT2D eigenvalue weighted by Gasteiger charge is -2.21. The van der Waals surface area contributed by atoms with Gasteiger partial charge < -0.3 is 14.5 Å². The Morgan fingerprint density at radius 1 is 1.37 bits per heavy atom. The topological polar surface area (TPSA) is 51.1 Å². The van der Waals surface area contributed by atoms with Crippen molar-refractivity contribution in [3.63, 3.8) is 0 Å². The molecule has 0 amide bonds. The number of allylic oxidation sites excluding steroid dienone is 3. The van der Waals surface area contributed by atoms with Crippen molar-refractivity contribution in [2.75, 3.05) is 20.8 Å². The molecule has 0 saturated carbocycles. The number of halogens is 1. The number of carbonyl (C=O) groups is 1. The SMILES string of the molecule is CCCCN1C(C)=C(C/C=N\OC)S/C1=C\C(=O)c1cc(Cl)ccc1OC. The summed E-state index contributed by atoms with van der Waals surface area (Å²) in [5.41, 5.74) is 1.61. The number of rotatable bonds is 9. The van der Waals surface area contributed by atoms with Crippen molar-refractivity contribution in [1.82, 2.24) is 4.90 Å². The molecule has 0 saturated heterocycles. The first kappa shape index (κ1) is 21.4. The van der Waals surface area contributed by atoms with E-state index in [1.165, 1.54) is 7.11 Å². The van der Waals surface area contributed by atoms with Crippen molar-refractivity contribution < 1.29 is 14.4 Å². The molecule has 146 valence electrons. The fourth-order valence-corrected chi connectivity index (χ4v) is 4.06. The summed E-state index contributed by atoms with van der Waals surface area (Å²) in [4.78, 5) is 21.0. The van der Waals surface area contributed by atoms with Crippen molar-refractivity contribution >= 4 is 35.4 Å². The average Bonchev–Trinajstić information content (AvgIpc) is 2.95. The maximum atomic E-state index is 12.9. The number of ether oxygens (including phenoxy) is 1. The van der Waals surface area contributed by atoms with Crippen LogP contribution < -0.4 is 4.74 Å². The Morgan fingerprint density at radius 2 is 2.15 bits per heavy atom. The standard InChI is InChI=1S/C20H25ClN2O3S/c1-5-6-11-23-14(2)19(9-10-22-26-4)27-20(23)13-17(24)16-12-15(21)7-8-18(16)25-3/h7-8,10,12-13H,5-6,9,11H2,1-4H3/b20-13-,22-10-. The van der Waals surface area contributed by atoms with Gasteiger partial charge in [0.05, 0.1) is 17.7 Å². The van der Waals surface area contributed by atoms with Gasteiger partial charge in [0, 0.05) is 40.9 Å². The van der Waals surface area contributed by atoms with Gasteiger partial charge in [-0.1, -0.05) is 41.9 Å². The Morgan fingerprint density at radius 3 is 2.81 bits per heavy atom. The number of carbonyl (C=O) groups excluding carboxylic acids is 1. The summed E-state index contributed by atoms with van der Waals surface area (Å²) in [6.07, 6.45) is 6.19. The number of thioether (sulfide) groups is 1. The predicted octanol–water partition coefficient (Wildman–Crippen LogP) is 5.48. The lowest BCUT2D eigenvalue weighted by atomic mass is 10.1. The van der Waals surface area contributed by atoms with E-state index in [4.69, 9.17) is 21.2 Å². The van der Waals surface area contributed by atoms with Gasteiger partial charge in [0.15, 0.2) is 5.78 Å². The molecule has 2 rings (SSSR count). The minimum absolute atomic E-state index is 0.127. The first-order valence-corrected chi connectivity index (χ1v) is 10.0. The van der Waals surface area contributed by atoms with Crippen LogP contribution in [-0.4, -0.2) is 37.7 Å². The van der Waals surface area contributed by atoms with E-state index in [0.717, 1.165) is 35.0 Å². The van der Waals surface area contributed by atoms with Crippen LogP contribution >= 0.6 is 23.4 Å². The van der Waals surface area contributed by atoms with Gasteiger partial charge in [-0.3, -0.25) is 4.79 Å². The summed E-state index contributed by atoms with van der Waals surface area (Å²) in [5.74, 6) is 0.388. The number of oxime groups is 1. The number of ketones is 1. The van der Waals surface area contributed by atoms with Gasteiger partial charge in [-0.2, -0.15) is 0 Å². The van der Waals surface area contributed by atoms with Crippen LogP contribution in [-0.2, 0) is 4.84 Å². The molecule has 5 nitrogen and oxygen atoms in total. The number of benzene rings is 1. The molecule has 1 aromatic rings. The molecule has 0 atom stereocenters. The maximum Gasteiger partial charge on any atom is 0.192 e. The second-order valence-electron chi connectivity index (χ2n) is 5.98. The molecule has 27 heavy (non-hydrogen) atoms. The third-order valence-electron chi connectivity index (χ3n) is 4.18. The summed E-state index contributed by atoms with van der Waals surface area (Å²) >= 11 is 7.66. The highest BCUT2D eigenvalue weighted by Crippen LogP contribution is 2.42. The highest BCUT2D eigenvalue weighted by Gasteiger charge is 2.25. The fourth-order valence-electron chi connectivity index (χ4n) is 2.72. The van der Waals surface area contributed by atoms with Gasteiger partial charge in [-0.15, -0.1) is 0 Å². The van der Waals surface area contributed by atoms with Gasteiger partial charge in [0.1, 0.15) is 12.9 Å². The van der Waals surface area contributed by atoms with Gasteiger partial charge >= 0.3 is 0 Å². The van der Waals surface area contributed by atoms with Gasteiger partial charge in [-0.05, 0) is 31.5 Å². The molecule has 1 aliphatic rings. The molecule has 0 spiro atoms. The van der Waals surface area contributed by atoms with E-state index >= 15 is 0 Å². The van der Waals surface area contributed by atoms with E-state index in [0.29, 0.717) is 22.8 Å². The van der Waals surface area contributed by atoms with E-state index < -0.39 is 0 Å². The van der Waals surface area contributed by atoms with Crippen LogP contribution in [0.15, 0.2) is 45.1 Å². The lowest BCUT2D eigenvalue weighted by molar-refractivity contribution is 0.104. The van der Waals surface area contributed by atoms with Crippen molar-refractivity contribution in [3.05, 3.63) is 50.5 Å². The molecule has 1 heterocycles. The number of nitrogens with zero attached hydrogens (tertiary/aromatic N) is 2. The zero-order valence-corrected chi connectivity index (χ0v) is 17.7. The van der Waals surface area contributed by atoms with Crippen molar-refractivity contribution in [2.45, 2.75) is 33.1 Å². The molecule has 0 bridgehead atoms. The third kappa shape index (κ3) is 5.53. The maximum absolute atomic E-state index is 12.9. The highest BCUT2D eigenvalue weighted by atomic mass is 35.5. The zero-order valence-electron chi connectivity index (χ0n) is 16.1. The summed E-state index contributed by atoms with van der Waals surface area (Å²) in [6, 6.07) is 5.06. The first-order valence-electron chi connectivity index (χ1n) is 8.81. The second kappa shape index (κ2) is 10.4. The molecule has 0 aromatic heterocycles. The Kier molecular flexibility index (Phi) is 8.25. The Hall–Kier alpha value is -1.92. The smallest absolute Gasteiger partial charge is 0.192 e. The van der Waals surface area contributed by atoms with Crippen LogP contribution in [0, 0.1) is 0 Å². The largest absolute Gasteiger partial charge is 0.496 e. The lowest BCUT2D eigenvalue weighted by Crippen LogP contribution is -2.18. The predicted molar refractivity (Wildman–Crippen MR) is 112 cm³/mol. The molecule has 0 fully saturated rings. The van der Waals surface area contributed by atoms with Crippen molar-refractivity contribution in [3.8, 4) is 5.75 Å². The van der Waals surface area contributed by atoms with Crippen LogP contribution in [0.2, 0.25) is 5.02 Å². The molecule has 1 aliphatic heterocycles. The van der Waals surface area contributed by atoms with E-state index in [-0.39, 0.29) is 5.78 Å². The van der Waals surface area contributed by atoms with Crippen molar-refractivity contribution in [2.24, 2.45) is 5.16 Å². The second-order valence-corrected chi connectivity index (χ2v) is 7.53. The first-order chi connectivity index (χ1) is 13.0. The van der Waals surface area contributed by atoms with Crippen LogP contribution in [0.5, 0.6) is 5.75 Å². The molecule has 0 unspecified atom stereocenters. The monoisotopic (exact) mass is 408 g/mol. The van der Waals surface area contributed by atoms with Crippen LogP contribution in [0.4, 0.5) is 0 Å². The molecule has 1 aromatic carbocycles. The number of methoxy groups -OCH3 is 1. The minimum atomic E-state index is -0.127. The Balaban J connectivity index is 2.30. The van der Waals surface area contributed by atoms with E-state index in [2.05, 4.69) is 23.9 Å². The summed E-state index contributed by atoms with van der Waals surface area (Å²) in [7, 11) is 3.07. The van der Waals surface area contributed by atoms with Gasteiger partial charge in [-0.25, -0.2) is 0 Å². The Bertz CT molecular complexity index is 774. The van der Waals surface area contributed by atoms with Gasteiger partial charge in [0.2, 0.25) is 0 Å². The zero-order chi connectivity index (χ0) is 19.8. The quantitative estimate of drug-likeness (QED) is 0.234. The van der Waals surface area contributed by atoms with Crippen LogP contribution in [0.1, 0.15) is 43.5 Å². The summed E-state index contributed by atoms with van der Waals surface area (Å²) < 4.78 is 5.31. The van der Waals surface area contributed by atoms with E-state index in [1.807, 2.05) is 0 Å². The summed E-state index contributed by atoms with van der Waals surface area (Å²) in [5, 5.41) is 5.23. The number of hydrogen-bond acceptors (Lipinski definition) is 6. The molecular formula is C20H25ClN2O3S. The fraction of sp³-hybridized carbons (Fsp3) is 0.400. The van der Waals surface area contributed by atoms with Crippen LogP contribution in [0.25, 0.3) is 0 Å². The number of hydrogen-bond donors (Lipinski definition) is 0. The number of unbranched alkanes of at least 4 members (excludes halogenated alkanes) is 1. The third-order valence-corrected chi connectivity index (χ3v) is 5.67. The minimum Gasteiger partial charge on any atom is -0.496 e. The van der Waals surface area contributed by atoms with Crippen LogP contribution in [0.3, 0.4) is 0 Å². The molecule has 7 heteroatoms.